The van der Waals surface area contributed by atoms with E-state index in [4.69, 9.17) is 14.6 Å². The Morgan fingerprint density at radius 2 is 2.07 bits per heavy atom. The first kappa shape index (κ1) is 22.8. The molecule has 166 valence electrons. The van der Waals surface area contributed by atoms with Crippen LogP contribution in [0.4, 0.5) is 0 Å². The van der Waals surface area contributed by atoms with Crippen LogP contribution < -0.4 is 4.74 Å². The number of benzene rings is 1. The van der Waals surface area contributed by atoms with Crippen molar-refractivity contribution in [2.75, 3.05) is 13.2 Å². The number of aliphatic carboxylic acids is 1. The lowest BCUT2D eigenvalue weighted by atomic mass is 9.86. The third kappa shape index (κ3) is 6.56. The highest BCUT2D eigenvalue weighted by Gasteiger charge is 2.43. The van der Waals surface area contributed by atoms with Gasteiger partial charge in [-0.15, -0.1) is 0 Å². The second-order valence-corrected chi connectivity index (χ2v) is 8.72. The number of fused-ring (bicyclic) bond motifs is 1. The zero-order chi connectivity index (χ0) is 21.5. The van der Waals surface area contributed by atoms with E-state index in [1.807, 2.05) is 37.3 Å². The number of aryl methyl sites for hydroxylation is 1. The molecule has 6 atom stereocenters. The van der Waals surface area contributed by atoms with E-state index in [0.29, 0.717) is 25.4 Å². The summed E-state index contributed by atoms with van der Waals surface area (Å²) < 4.78 is 11.7. The maximum absolute atomic E-state index is 10.7. The van der Waals surface area contributed by atoms with Gasteiger partial charge in [0.25, 0.3) is 0 Å². The topological polar surface area (TPSA) is 96.2 Å². The first-order valence-electron chi connectivity index (χ1n) is 11.0. The molecular formula is C24H34O6. The van der Waals surface area contributed by atoms with Crippen LogP contribution in [-0.4, -0.2) is 52.8 Å². The average molecular weight is 419 g/mol. The molecule has 2 fully saturated rings. The Bertz CT molecular complexity index is 700. The molecule has 0 bridgehead atoms. The third-order valence-electron chi connectivity index (χ3n) is 6.34. The molecule has 1 aliphatic carbocycles. The first-order chi connectivity index (χ1) is 14.4. The van der Waals surface area contributed by atoms with E-state index in [9.17, 15) is 15.0 Å². The maximum Gasteiger partial charge on any atom is 0.303 e. The molecule has 1 saturated carbocycles. The summed E-state index contributed by atoms with van der Waals surface area (Å²) in [6, 6.07) is 7.70. The number of rotatable bonds is 9. The van der Waals surface area contributed by atoms with Crippen molar-refractivity contribution in [1.82, 2.24) is 0 Å². The lowest BCUT2D eigenvalue weighted by Crippen LogP contribution is -2.22. The van der Waals surface area contributed by atoms with Crippen LogP contribution in [0, 0.1) is 24.7 Å². The number of carbonyl (C=O) groups is 1. The van der Waals surface area contributed by atoms with Crippen molar-refractivity contribution in [1.29, 1.82) is 0 Å². The van der Waals surface area contributed by atoms with Crippen molar-refractivity contribution < 1.29 is 29.6 Å². The minimum atomic E-state index is -0.750. The van der Waals surface area contributed by atoms with Gasteiger partial charge in [-0.05, 0) is 56.6 Å². The van der Waals surface area contributed by atoms with Crippen LogP contribution in [0.5, 0.6) is 5.75 Å². The molecule has 1 aliphatic heterocycles. The molecule has 0 radical (unpaired) electrons. The fourth-order valence-electron chi connectivity index (χ4n) is 4.61. The van der Waals surface area contributed by atoms with E-state index >= 15 is 0 Å². The SMILES string of the molecule is Cc1ccc(OC[C@H](O)/C=C/[C@@H]2[C@H]3CC[C@H](CCCC(=O)O)CO[C@H]3C[C@H]2O)cc1. The Hall–Kier alpha value is -1.89. The number of hydrogen-bond acceptors (Lipinski definition) is 5. The molecule has 0 spiro atoms. The zero-order valence-corrected chi connectivity index (χ0v) is 17.7. The van der Waals surface area contributed by atoms with Crippen LogP contribution in [0.1, 0.15) is 44.1 Å². The van der Waals surface area contributed by atoms with E-state index in [1.165, 1.54) is 0 Å². The van der Waals surface area contributed by atoms with E-state index in [1.54, 1.807) is 6.08 Å². The Balaban J connectivity index is 1.48. The summed E-state index contributed by atoms with van der Waals surface area (Å²) in [6.45, 7) is 2.81. The Labute approximate surface area is 178 Å². The quantitative estimate of drug-likeness (QED) is 0.532. The number of aliphatic hydroxyl groups is 2. The second-order valence-electron chi connectivity index (χ2n) is 8.72. The molecule has 0 unspecified atom stereocenters. The van der Waals surface area contributed by atoms with E-state index in [2.05, 4.69) is 0 Å². The predicted molar refractivity (Wildman–Crippen MR) is 113 cm³/mol. The van der Waals surface area contributed by atoms with E-state index in [0.717, 1.165) is 30.6 Å². The smallest absolute Gasteiger partial charge is 0.303 e. The van der Waals surface area contributed by atoms with Crippen molar-refractivity contribution in [3.63, 3.8) is 0 Å². The van der Waals surface area contributed by atoms with Gasteiger partial charge in [0, 0.05) is 25.4 Å². The van der Waals surface area contributed by atoms with Gasteiger partial charge >= 0.3 is 5.97 Å². The number of carboxylic acid groups (broad SMARTS) is 1. The minimum Gasteiger partial charge on any atom is -0.491 e. The van der Waals surface area contributed by atoms with Crippen LogP contribution in [0.25, 0.3) is 0 Å². The van der Waals surface area contributed by atoms with Crippen molar-refractivity contribution in [2.24, 2.45) is 17.8 Å². The summed E-state index contributed by atoms with van der Waals surface area (Å²) in [5, 5.41) is 29.6. The van der Waals surface area contributed by atoms with Gasteiger partial charge < -0.3 is 24.8 Å². The van der Waals surface area contributed by atoms with Crippen LogP contribution in [-0.2, 0) is 9.53 Å². The van der Waals surface area contributed by atoms with Gasteiger partial charge in [-0.3, -0.25) is 4.79 Å². The Kier molecular flexibility index (Phi) is 8.31. The average Bonchev–Trinajstić information content (AvgIpc) is 2.87. The minimum absolute atomic E-state index is 0.0278. The summed E-state index contributed by atoms with van der Waals surface area (Å²) in [5.41, 5.74) is 1.15. The largest absolute Gasteiger partial charge is 0.491 e. The number of hydrogen-bond donors (Lipinski definition) is 3. The highest BCUT2D eigenvalue weighted by atomic mass is 16.5. The highest BCUT2D eigenvalue weighted by Crippen LogP contribution is 2.42. The van der Waals surface area contributed by atoms with E-state index in [-0.39, 0.29) is 31.0 Å². The van der Waals surface area contributed by atoms with Crippen molar-refractivity contribution in [3.8, 4) is 5.75 Å². The summed E-state index contributed by atoms with van der Waals surface area (Å²) in [7, 11) is 0. The summed E-state index contributed by atoms with van der Waals surface area (Å²) in [5.74, 6) is 0.540. The van der Waals surface area contributed by atoms with E-state index < -0.39 is 18.2 Å². The molecular weight excluding hydrogens is 384 g/mol. The van der Waals surface area contributed by atoms with Gasteiger partial charge in [-0.25, -0.2) is 0 Å². The molecule has 3 rings (SSSR count). The van der Waals surface area contributed by atoms with Gasteiger partial charge in [-0.2, -0.15) is 0 Å². The van der Waals surface area contributed by atoms with Crippen molar-refractivity contribution >= 4 is 5.97 Å². The fourth-order valence-corrected chi connectivity index (χ4v) is 4.61. The Morgan fingerprint density at radius 3 is 2.80 bits per heavy atom. The third-order valence-corrected chi connectivity index (χ3v) is 6.34. The molecule has 0 amide bonds. The second kappa shape index (κ2) is 10.9. The van der Waals surface area contributed by atoms with Gasteiger partial charge in [0.1, 0.15) is 18.5 Å². The molecule has 3 N–H and O–H groups in total. The lowest BCUT2D eigenvalue weighted by molar-refractivity contribution is -0.137. The van der Waals surface area contributed by atoms with Crippen LogP contribution in [0.3, 0.4) is 0 Å². The van der Waals surface area contributed by atoms with Crippen molar-refractivity contribution in [2.45, 2.75) is 63.8 Å². The summed E-state index contributed by atoms with van der Waals surface area (Å²) >= 11 is 0. The van der Waals surface area contributed by atoms with Gasteiger partial charge in [0.2, 0.25) is 0 Å². The van der Waals surface area contributed by atoms with Gasteiger partial charge in [-0.1, -0.05) is 29.8 Å². The van der Waals surface area contributed by atoms with Crippen LogP contribution in [0.15, 0.2) is 36.4 Å². The maximum atomic E-state index is 10.7. The monoisotopic (exact) mass is 418 g/mol. The molecule has 1 aromatic carbocycles. The number of carboxylic acids is 1. The van der Waals surface area contributed by atoms with Crippen LogP contribution in [0.2, 0.25) is 0 Å². The lowest BCUT2D eigenvalue weighted by Gasteiger charge is -2.21. The highest BCUT2D eigenvalue weighted by molar-refractivity contribution is 5.66. The van der Waals surface area contributed by atoms with Crippen molar-refractivity contribution in [3.05, 3.63) is 42.0 Å². The molecule has 1 aromatic rings. The number of aliphatic hydroxyl groups excluding tert-OH is 2. The fraction of sp³-hybridized carbons (Fsp3) is 0.625. The van der Waals surface area contributed by atoms with Gasteiger partial charge in [0.15, 0.2) is 0 Å². The molecule has 6 heteroatoms. The molecule has 6 nitrogen and oxygen atoms in total. The number of ether oxygens (including phenoxy) is 2. The molecule has 1 heterocycles. The normalized spacial score (nSPS) is 30.0. The molecule has 1 saturated heterocycles. The predicted octanol–water partition coefficient (Wildman–Crippen LogP) is 3.34. The molecule has 30 heavy (non-hydrogen) atoms. The molecule has 0 aromatic heterocycles. The first-order valence-corrected chi connectivity index (χ1v) is 11.0. The summed E-state index contributed by atoms with van der Waals surface area (Å²) in [4.78, 5) is 10.7. The van der Waals surface area contributed by atoms with Crippen LogP contribution >= 0.6 is 0 Å². The molecule has 2 aliphatic rings. The Morgan fingerprint density at radius 1 is 1.30 bits per heavy atom. The zero-order valence-electron chi connectivity index (χ0n) is 17.7. The standard InChI is InChI=1S/C24H34O6/c1-16-5-9-19(10-6-16)29-15-18(25)8-12-20-21-11-7-17(3-2-4-24(27)28)14-30-23(21)13-22(20)26/h5-6,8-10,12,17-18,20-23,25-26H,2-4,7,11,13-15H2,1H3,(H,27,28)/b12-8+/t17-,18+,20+,21+,22+,23-/m0/s1. The van der Waals surface area contributed by atoms with Gasteiger partial charge in [0.05, 0.1) is 12.2 Å². The summed E-state index contributed by atoms with van der Waals surface area (Å²) in [6.07, 6.45) is 6.75.